The molecule has 0 radical (unpaired) electrons. The number of anilines is 3. The number of nitrogens with one attached hydrogen (secondary N) is 1. The van der Waals surface area contributed by atoms with Gasteiger partial charge in [0.05, 0.1) is 10.9 Å². The van der Waals surface area contributed by atoms with Crippen LogP contribution >= 0.6 is 11.8 Å². The summed E-state index contributed by atoms with van der Waals surface area (Å²) in [5.74, 6) is 1.16. The first-order chi connectivity index (χ1) is 21.0. The number of amides is 2. The predicted octanol–water partition coefficient (Wildman–Crippen LogP) is 4.95. The number of thioether (sulfide) groups is 1. The number of piperidine rings is 1. The van der Waals surface area contributed by atoms with Crippen molar-refractivity contribution < 1.29 is 9.59 Å². The fourth-order valence-corrected chi connectivity index (χ4v) is 7.82. The average Bonchev–Trinajstić information content (AvgIpc) is 3.45. The van der Waals surface area contributed by atoms with Gasteiger partial charge in [-0.3, -0.25) is 19.3 Å². The van der Waals surface area contributed by atoms with Crippen LogP contribution in [0.25, 0.3) is 11.3 Å². The molecule has 0 bridgehead atoms. The number of likely N-dealkylation sites (N-methyl/N-ethyl adjacent to an activating group) is 2. The molecule has 1 aromatic heterocycles. The van der Waals surface area contributed by atoms with Gasteiger partial charge in [0.1, 0.15) is 6.04 Å². The Morgan fingerprint density at radius 1 is 0.955 bits per heavy atom. The van der Waals surface area contributed by atoms with Crippen molar-refractivity contribution >= 4 is 40.8 Å². The Balaban J connectivity index is 1.25. The van der Waals surface area contributed by atoms with Crippen LogP contribution in [0.1, 0.15) is 37.4 Å². The minimum absolute atomic E-state index is 0.0698. The zero-order chi connectivity index (χ0) is 31.3. The Morgan fingerprint density at radius 2 is 1.70 bits per heavy atom. The standard InChI is InChI=1S/C34H40N6O3S/c1-20(2)28-18-23-14-15-40(33(42)30(23)44-28)27-9-7-8-25(21(27)3)26-19-39(6)34(43)31(36-26)35-24-12-10-22(11-13-24)29-32(41)38(5)17-16-37(29)4/h7-13,18-20,23,29-30H,14-17H2,1-6H3,(H,35,36). The van der Waals surface area contributed by atoms with E-state index in [2.05, 4.69) is 30.1 Å². The van der Waals surface area contributed by atoms with E-state index >= 15 is 0 Å². The van der Waals surface area contributed by atoms with Crippen molar-refractivity contribution in [1.29, 1.82) is 0 Å². The second kappa shape index (κ2) is 11.9. The number of aryl methyl sites for hydroxylation is 1. The van der Waals surface area contributed by atoms with Crippen molar-refractivity contribution in [1.82, 2.24) is 19.4 Å². The number of hydrogen-bond donors (Lipinski definition) is 1. The minimum atomic E-state index is -0.328. The maximum absolute atomic E-state index is 13.7. The quantitative estimate of drug-likeness (QED) is 0.421. The zero-order valence-corrected chi connectivity index (χ0v) is 27.0. The van der Waals surface area contributed by atoms with Gasteiger partial charge in [-0.2, -0.15) is 0 Å². The van der Waals surface area contributed by atoms with E-state index in [-0.39, 0.29) is 34.5 Å². The van der Waals surface area contributed by atoms with E-state index in [0.29, 0.717) is 36.3 Å². The lowest BCUT2D eigenvalue weighted by Gasteiger charge is -2.37. The summed E-state index contributed by atoms with van der Waals surface area (Å²) in [4.78, 5) is 51.5. The summed E-state index contributed by atoms with van der Waals surface area (Å²) in [6, 6.07) is 13.2. The number of fused-ring (bicyclic) bond motifs is 1. The third kappa shape index (κ3) is 5.45. The number of hydrogen-bond acceptors (Lipinski definition) is 7. The molecule has 44 heavy (non-hydrogen) atoms. The molecule has 2 aromatic carbocycles. The Bertz CT molecular complexity index is 1700. The average molecular weight is 613 g/mol. The molecular formula is C34H40N6O3S. The van der Waals surface area contributed by atoms with Crippen molar-refractivity contribution in [3.8, 4) is 11.3 Å². The van der Waals surface area contributed by atoms with Crippen molar-refractivity contribution in [2.45, 2.75) is 38.5 Å². The molecule has 3 aliphatic heterocycles. The third-order valence-electron chi connectivity index (χ3n) is 9.07. The van der Waals surface area contributed by atoms with Gasteiger partial charge in [-0.15, -0.1) is 11.8 Å². The van der Waals surface area contributed by atoms with Gasteiger partial charge < -0.3 is 19.7 Å². The summed E-state index contributed by atoms with van der Waals surface area (Å²) < 4.78 is 1.53. The number of carbonyl (C=O) groups is 2. The second-order valence-electron chi connectivity index (χ2n) is 12.4. The van der Waals surface area contributed by atoms with E-state index in [4.69, 9.17) is 4.98 Å². The fraction of sp³-hybridized carbons (Fsp3) is 0.412. The molecular weight excluding hydrogens is 572 g/mol. The molecule has 2 saturated heterocycles. The summed E-state index contributed by atoms with van der Waals surface area (Å²) in [5.41, 5.74) is 4.71. The Hall–Kier alpha value is -3.89. The molecule has 2 fully saturated rings. The zero-order valence-electron chi connectivity index (χ0n) is 26.2. The molecule has 3 aliphatic rings. The smallest absolute Gasteiger partial charge is 0.293 e. The lowest BCUT2D eigenvalue weighted by molar-refractivity contribution is -0.139. The lowest BCUT2D eigenvalue weighted by Crippen LogP contribution is -2.48. The van der Waals surface area contributed by atoms with Crippen LogP contribution in [0.3, 0.4) is 0 Å². The molecule has 0 spiro atoms. The van der Waals surface area contributed by atoms with Crippen LogP contribution in [-0.2, 0) is 16.6 Å². The number of piperazine rings is 1. The Labute approximate surface area is 262 Å². The largest absolute Gasteiger partial charge is 0.343 e. The fourth-order valence-electron chi connectivity index (χ4n) is 6.39. The Morgan fingerprint density at radius 3 is 2.43 bits per heavy atom. The topological polar surface area (TPSA) is 90.8 Å². The number of benzene rings is 2. The maximum atomic E-state index is 13.7. The molecule has 3 unspecified atom stereocenters. The summed E-state index contributed by atoms with van der Waals surface area (Å²) in [6.07, 6.45) is 4.99. The van der Waals surface area contributed by atoms with Gasteiger partial charge in [0, 0.05) is 62.8 Å². The monoisotopic (exact) mass is 612 g/mol. The van der Waals surface area contributed by atoms with Gasteiger partial charge in [0.15, 0.2) is 5.82 Å². The number of allylic oxidation sites excluding steroid dienone is 2. The molecule has 230 valence electrons. The SMILES string of the molecule is Cc1c(-c2cn(C)c(=O)c(Nc3ccc(C4C(=O)N(C)CCN4C)cc3)n2)cccc1N1CCC2C=C(C(C)C)SC2C1=O. The highest BCUT2D eigenvalue weighted by molar-refractivity contribution is 8.04. The van der Waals surface area contributed by atoms with E-state index in [0.717, 1.165) is 35.3 Å². The van der Waals surface area contributed by atoms with Crippen LogP contribution in [0, 0.1) is 18.8 Å². The number of rotatable bonds is 6. The first-order valence-corrected chi connectivity index (χ1v) is 16.1. The molecule has 1 N–H and O–H groups in total. The minimum Gasteiger partial charge on any atom is -0.343 e. The predicted molar refractivity (Wildman–Crippen MR) is 177 cm³/mol. The van der Waals surface area contributed by atoms with Crippen molar-refractivity contribution in [2.75, 3.05) is 43.9 Å². The van der Waals surface area contributed by atoms with Gasteiger partial charge in [-0.25, -0.2) is 4.98 Å². The highest BCUT2D eigenvalue weighted by Gasteiger charge is 2.41. The summed E-state index contributed by atoms with van der Waals surface area (Å²) in [7, 11) is 5.51. The second-order valence-corrected chi connectivity index (χ2v) is 13.7. The van der Waals surface area contributed by atoms with Crippen LogP contribution in [0.2, 0.25) is 0 Å². The van der Waals surface area contributed by atoms with Gasteiger partial charge in [0.25, 0.3) is 5.56 Å². The number of aromatic nitrogens is 2. The molecule has 0 saturated carbocycles. The lowest BCUT2D eigenvalue weighted by atomic mass is 9.93. The van der Waals surface area contributed by atoms with Gasteiger partial charge in [-0.1, -0.05) is 44.2 Å². The Kier molecular flexibility index (Phi) is 8.15. The van der Waals surface area contributed by atoms with Crippen LogP contribution in [0.4, 0.5) is 17.2 Å². The van der Waals surface area contributed by atoms with Crippen LogP contribution < -0.4 is 15.8 Å². The summed E-state index contributed by atoms with van der Waals surface area (Å²) >= 11 is 1.72. The van der Waals surface area contributed by atoms with E-state index in [9.17, 15) is 14.4 Å². The van der Waals surface area contributed by atoms with Crippen molar-refractivity contribution in [3.63, 3.8) is 0 Å². The van der Waals surface area contributed by atoms with Crippen LogP contribution in [0.5, 0.6) is 0 Å². The highest BCUT2D eigenvalue weighted by Crippen LogP contribution is 2.46. The van der Waals surface area contributed by atoms with Crippen LogP contribution in [-0.4, -0.2) is 70.1 Å². The molecule has 3 aromatic rings. The maximum Gasteiger partial charge on any atom is 0.293 e. The highest BCUT2D eigenvalue weighted by atomic mass is 32.2. The molecule has 4 heterocycles. The summed E-state index contributed by atoms with van der Waals surface area (Å²) in [5, 5.41) is 3.13. The normalized spacial score (nSPS) is 22.4. The molecule has 6 rings (SSSR count). The third-order valence-corrected chi connectivity index (χ3v) is 10.8. The number of nitrogens with zero attached hydrogens (tertiary/aromatic N) is 5. The number of carbonyl (C=O) groups excluding carboxylic acids is 2. The molecule has 3 atom stereocenters. The van der Waals surface area contributed by atoms with Crippen LogP contribution in [0.15, 0.2) is 64.4 Å². The van der Waals surface area contributed by atoms with Crippen molar-refractivity contribution in [3.05, 3.63) is 81.1 Å². The molecule has 10 heteroatoms. The van der Waals surface area contributed by atoms with Gasteiger partial charge in [-0.05, 0) is 60.5 Å². The van der Waals surface area contributed by atoms with Gasteiger partial charge >= 0.3 is 0 Å². The molecule has 2 amide bonds. The first-order valence-electron chi connectivity index (χ1n) is 15.2. The van der Waals surface area contributed by atoms with Crippen molar-refractivity contribution in [2.24, 2.45) is 18.9 Å². The first kappa shape index (κ1) is 30.1. The summed E-state index contributed by atoms with van der Waals surface area (Å²) in [6.45, 7) is 8.58. The van der Waals surface area contributed by atoms with E-state index in [1.165, 1.54) is 9.47 Å². The van der Waals surface area contributed by atoms with Gasteiger partial charge in [0.2, 0.25) is 11.8 Å². The van der Waals surface area contributed by atoms with E-state index in [1.54, 1.807) is 29.9 Å². The van der Waals surface area contributed by atoms with E-state index < -0.39 is 0 Å². The molecule has 0 aliphatic carbocycles. The van der Waals surface area contributed by atoms with E-state index in [1.807, 2.05) is 68.4 Å². The molecule has 9 nitrogen and oxygen atoms in total.